The molecular formula is C40H38F2N2O5. The van der Waals surface area contributed by atoms with Gasteiger partial charge in [0.05, 0.1) is 43.1 Å². The number of hydrogen-bond donors (Lipinski definition) is 3. The molecule has 2 atom stereocenters. The van der Waals surface area contributed by atoms with E-state index in [1.165, 1.54) is 24.3 Å². The molecule has 2 saturated heterocycles. The lowest BCUT2D eigenvalue weighted by molar-refractivity contribution is -0.0978. The van der Waals surface area contributed by atoms with Gasteiger partial charge in [-0.2, -0.15) is 0 Å². The third kappa shape index (κ3) is 11.1. The van der Waals surface area contributed by atoms with Gasteiger partial charge in [0.2, 0.25) is 0 Å². The van der Waals surface area contributed by atoms with Crippen LogP contribution in [0.25, 0.3) is 0 Å². The van der Waals surface area contributed by atoms with Crippen LogP contribution in [0.5, 0.6) is 0 Å². The van der Waals surface area contributed by atoms with Gasteiger partial charge in [0, 0.05) is 43.3 Å². The predicted molar refractivity (Wildman–Crippen MR) is 184 cm³/mol. The summed E-state index contributed by atoms with van der Waals surface area (Å²) in [6.45, 7) is 4.95. The minimum absolute atomic E-state index is 0.0556. The van der Waals surface area contributed by atoms with Crippen LogP contribution in [0.15, 0.2) is 97.1 Å². The predicted octanol–water partition coefficient (Wildman–Crippen LogP) is 5.90. The summed E-state index contributed by atoms with van der Waals surface area (Å²) in [5.41, 5.74) is 7.56. The van der Waals surface area contributed by atoms with Gasteiger partial charge >= 0.3 is 5.97 Å². The summed E-state index contributed by atoms with van der Waals surface area (Å²) in [4.78, 5) is 22.9. The molecular weight excluding hydrogens is 626 g/mol. The Balaban J connectivity index is 0.000000194. The fraction of sp³-hybridized carbons (Fsp3) is 0.250. The zero-order valence-electron chi connectivity index (χ0n) is 29.1. The van der Waals surface area contributed by atoms with Crippen LogP contribution in [0, 0.1) is 46.1 Å². The topological polar surface area (TPSA) is 111 Å². The van der Waals surface area contributed by atoms with E-state index in [2.05, 4.69) is 29.0 Å². The van der Waals surface area contributed by atoms with Gasteiger partial charge < -0.3 is 25.6 Å². The van der Waals surface area contributed by atoms with Gasteiger partial charge in [0.25, 0.3) is 5.91 Å². The molecule has 1 amide bonds. The Hall–Kier alpha value is -5.32. The molecule has 252 valence electrons. The molecule has 49 heavy (non-hydrogen) atoms. The lowest BCUT2D eigenvalue weighted by atomic mass is 9.88. The number of rotatable bonds is 5. The Labute approximate surface area is 288 Å². The fourth-order valence-electron chi connectivity index (χ4n) is 4.16. The highest BCUT2D eigenvalue weighted by Crippen LogP contribution is 2.25. The molecule has 0 spiro atoms. The van der Waals surface area contributed by atoms with Crippen molar-refractivity contribution in [2.24, 2.45) is 16.6 Å². The first kappa shape index (κ1) is 33.6. The van der Waals surface area contributed by atoms with E-state index in [-0.39, 0.29) is 33.9 Å². The Morgan fingerprint density at radius 1 is 0.735 bits per heavy atom. The zero-order valence-corrected chi connectivity index (χ0v) is 27.1. The van der Waals surface area contributed by atoms with E-state index >= 15 is 0 Å². The smallest absolute Gasteiger partial charge is 0.335 e. The van der Waals surface area contributed by atoms with Crippen LogP contribution in [0.1, 0.15) is 59.6 Å². The van der Waals surface area contributed by atoms with E-state index in [4.69, 9.17) is 23.1 Å². The van der Waals surface area contributed by atoms with Crippen LogP contribution in [0.2, 0.25) is 0 Å². The van der Waals surface area contributed by atoms with Gasteiger partial charge in [0.15, 0.2) is 0 Å². The van der Waals surface area contributed by atoms with Crippen molar-refractivity contribution in [1.29, 1.82) is 0 Å². The summed E-state index contributed by atoms with van der Waals surface area (Å²) < 4.78 is 52.0. The number of nitrogens with one attached hydrogen (secondary N) is 1. The van der Waals surface area contributed by atoms with Crippen LogP contribution < -0.4 is 11.1 Å². The summed E-state index contributed by atoms with van der Waals surface area (Å²) in [6, 6.07) is 25.4. The molecule has 0 aliphatic carbocycles. The summed E-state index contributed by atoms with van der Waals surface area (Å²) in [6.07, 6.45) is 0. The van der Waals surface area contributed by atoms with Crippen LogP contribution in [-0.4, -0.2) is 56.5 Å². The van der Waals surface area contributed by atoms with Crippen LogP contribution in [0.4, 0.5) is 8.78 Å². The number of carboxylic acid groups (broad SMARTS) is 1. The van der Waals surface area contributed by atoms with Crippen LogP contribution in [-0.2, 0) is 9.47 Å². The highest BCUT2D eigenvalue weighted by molar-refractivity contribution is 5.94. The molecule has 4 aromatic rings. The van der Waals surface area contributed by atoms with Gasteiger partial charge in [-0.1, -0.05) is 61.8 Å². The van der Waals surface area contributed by atoms with Crippen molar-refractivity contribution in [2.75, 3.05) is 39.5 Å². The number of ether oxygens (including phenoxy) is 2. The summed E-state index contributed by atoms with van der Waals surface area (Å²) in [5, 5.41) is 11.4. The van der Waals surface area contributed by atoms with Crippen molar-refractivity contribution in [3.05, 3.63) is 142 Å². The quantitative estimate of drug-likeness (QED) is 0.229. The average molecular weight is 667 g/mol. The maximum absolute atomic E-state index is 13.5. The van der Waals surface area contributed by atoms with E-state index < -0.39 is 19.0 Å². The third-order valence-electron chi connectivity index (χ3n) is 7.39. The maximum Gasteiger partial charge on any atom is 0.335 e. The number of carbonyl (C=O) groups excluding carboxylic acids is 1. The maximum atomic E-state index is 13.5. The molecule has 2 heterocycles. The van der Waals surface area contributed by atoms with Crippen molar-refractivity contribution >= 4 is 11.9 Å². The largest absolute Gasteiger partial charge is 0.478 e. The number of carboxylic acids is 1. The standard InChI is InChI=1S/C20H18FNO2.C15H9FO2.C5H11NO/c1-20(13-24-14-20)12-22-19(23)17-10-7-15(8-11-17)6-9-16-4-2-3-5-18(16)21;16-14-4-2-1-3-12(14)8-5-11-6-9-13(10-7-11)15(17)18;1-5(2-6)3-7-4-5/h2-5,7-8,10-11H,12-14H2,1H3,(H,22,23);1-4,6-7,9-10H,(H,17,18);2-4,6H2,1H3/i12D;;2D. The molecule has 0 saturated carbocycles. The molecule has 2 aliphatic rings. The highest BCUT2D eigenvalue weighted by Gasteiger charge is 2.33. The summed E-state index contributed by atoms with van der Waals surface area (Å²) >= 11 is 0. The average Bonchev–Trinajstić information content (AvgIpc) is 3.09. The first-order valence-corrected chi connectivity index (χ1v) is 15.3. The number of nitrogens with two attached hydrogens (primary N) is 1. The summed E-state index contributed by atoms with van der Waals surface area (Å²) in [7, 11) is 0. The minimum Gasteiger partial charge on any atom is -0.478 e. The molecule has 0 bridgehead atoms. The van der Waals surface area contributed by atoms with Crippen molar-refractivity contribution in [3.63, 3.8) is 0 Å². The number of benzene rings is 4. The Kier molecular flexibility index (Phi) is 11.8. The first-order chi connectivity index (χ1) is 24.3. The minimum atomic E-state index is -0.983. The lowest BCUT2D eigenvalue weighted by Crippen LogP contribution is -2.48. The fourth-order valence-corrected chi connectivity index (χ4v) is 4.16. The molecule has 6 rings (SSSR count). The van der Waals surface area contributed by atoms with Crippen LogP contribution >= 0.6 is 0 Å². The number of carbonyl (C=O) groups is 2. The zero-order chi connectivity index (χ0) is 37.0. The second-order valence-corrected chi connectivity index (χ2v) is 12.0. The van der Waals surface area contributed by atoms with E-state index in [1.807, 2.05) is 13.8 Å². The first-order valence-electron chi connectivity index (χ1n) is 16.5. The lowest BCUT2D eigenvalue weighted by Gasteiger charge is -2.38. The highest BCUT2D eigenvalue weighted by atomic mass is 19.1. The molecule has 4 N–H and O–H groups in total. The van der Waals surface area contributed by atoms with Gasteiger partial charge in [0.1, 0.15) is 11.6 Å². The van der Waals surface area contributed by atoms with Crippen LogP contribution in [0.3, 0.4) is 0 Å². The van der Waals surface area contributed by atoms with Crippen molar-refractivity contribution in [3.8, 4) is 23.7 Å². The molecule has 2 unspecified atom stereocenters. The Morgan fingerprint density at radius 3 is 1.51 bits per heavy atom. The van der Waals surface area contributed by atoms with Crippen molar-refractivity contribution in [2.45, 2.75) is 13.8 Å². The number of amides is 1. The van der Waals surface area contributed by atoms with E-state index in [1.54, 1.807) is 72.8 Å². The molecule has 0 radical (unpaired) electrons. The van der Waals surface area contributed by atoms with Crippen molar-refractivity contribution in [1.82, 2.24) is 5.32 Å². The monoisotopic (exact) mass is 666 g/mol. The molecule has 2 fully saturated rings. The molecule has 7 nitrogen and oxygen atoms in total. The summed E-state index contributed by atoms with van der Waals surface area (Å²) in [5.74, 6) is 9.13. The Bertz CT molecular complexity index is 1940. The number of aromatic carboxylic acids is 1. The second-order valence-electron chi connectivity index (χ2n) is 12.0. The Morgan fingerprint density at radius 2 is 1.16 bits per heavy atom. The SMILES string of the molecule is O=C(O)c1ccc(C#Cc2ccccc2F)cc1.[2H]C(N)C1(C)COC1.[2H]C(NC(=O)c1ccc(C#Cc2ccccc2F)cc1)C1(C)COC1. The molecule has 4 aromatic carbocycles. The van der Waals surface area contributed by atoms with Gasteiger partial charge in [-0.05, 0) is 72.8 Å². The molecule has 9 heteroatoms. The van der Waals surface area contributed by atoms with Crippen molar-refractivity contribution < 1.29 is 35.7 Å². The number of halogens is 2. The van der Waals surface area contributed by atoms with Gasteiger partial charge in [-0.25, -0.2) is 13.6 Å². The van der Waals surface area contributed by atoms with Gasteiger partial charge in [-0.15, -0.1) is 0 Å². The van der Waals surface area contributed by atoms with E-state index in [9.17, 15) is 18.4 Å². The van der Waals surface area contributed by atoms with E-state index in [0.717, 1.165) is 0 Å². The van der Waals surface area contributed by atoms with Gasteiger partial charge in [-0.3, -0.25) is 4.79 Å². The molecule has 2 aliphatic heterocycles. The number of hydrogen-bond acceptors (Lipinski definition) is 5. The third-order valence-corrected chi connectivity index (χ3v) is 7.39. The normalized spacial score (nSPS) is 16.4. The van der Waals surface area contributed by atoms with E-state index in [0.29, 0.717) is 54.2 Å². The molecule has 0 aromatic heterocycles. The second kappa shape index (κ2) is 17.2.